The fourth-order valence-electron chi connectivity index (χ4n) is 3.34. The molecule has 5 nitrogen and oxygen atoms in total. The van der Waals surface area contributed by atoms with Crippen LogP contribution in [0.5, 0.6) is 0 Å². The first-order valence-electron chi connectivity index (χ1n) is 9.33. The molecule has 4 aromatic rings. The normalized spacial score (nSPS) is 12.1. The number of benzene rings is 2. The van der Waals surface area contributed by atoms with Gasteiger partial charge in [0.2, 0.25) is 0 Å². The van der Waals surface area contributed by atoms with Crippen molar-refractivity contribution >= 4 is 16.7 Å². The number of aromatic nitrogens is 3. The second-order valence-corrected chi connectivity index (χ2v) is 6.82. The molecule has 140 valence electrons. The molecule has 1 atom stereocenters. The number of nitrogens with zero attached hydrogens (tertiary/aromatic N) is 3. The minimum absolute atomic E-state index is 0.00843. The first-order chi connectivity index (χ1) is 13.7. The van der Waals surface area contributed by atoms with Crippen LogP contribution in [-0.2, 0) is 6.42 Å². The van der Waals surface area contributed by atoms with Crippen LogP contribution in [0.15, 0.2) is 73.1 Å². The molecule has 2 heterocycles. The lowest BCUT2D eigenvalue weighted by Gasteiger charge is -2.19. The Morgan fingerprint density at radius 1 is 0.964 bits per heavy atom. The molecule has 0 bridgehead atoms. The van der Waals surface area contributed by atoms with Crippen LogP contribution in [0.1, 0.15) is 11.1 Å². The van der Waals surface area contributed by atoms with Crippen molar-refractivity contribution < 1.29 is 5.11 Å². The van der Waals surface area contributed by atoms with E-state index in [2.05, 4.69) is 22.4 Å². The van der Waals surface area contributed by atoms with E-state index in [1.807, 2.05) is 55.5 Å². The van der Waals surface area contributed by atoms with E-state index in [1.54, 1.807) is 12.4 Å². The summed E-state index contributed by atoms with van der Waals surface area (Å²) in [6, 6.07) is 19.8. The minimum atomic E-state index is -0.151. The van der Waals surface area contributed by atoms with Gasteiger partial charge >= 0.3 is 0 Å². The molecule has 0 unspecified atom stereocenters. The van der Waals surface area contributed by atoms with Crippen molar-refractivity contribution in [2.24, 2.45) is 0 Å². The van der Waals surface area contributed by atoms with Gasteiger partial charge in [-0.1, -0.05) is 42.5 Å². The molecule has 4 rings (SSSR count). The van der Waals surface area contributed by atoms with Crippen molar-refractivity contribution in [3.8, 4) is 11.4 Å². The largest absolute Gasteiger partial charge is 0.394 e. The highest BCUT2D eigenvalue weighted by molar-refractivity contribution is 5.93. The third-order valence-corrected chi connectivity index (χ3v) is 4.74. The molecule has 2 N–H and O–H groups in total. The Morgan fingerprint density at radius 2 is 1.82 bits per heavy atom. The molecule has 0 saturated heterocycles. The summed E-state index contributed by atoms with van der Waals surface area (Å²) in [7, 11) is 0. The fourth-order valence-corrected chi connectivity index (χ4v) is 3.34. The second kappa shape index (κ2) is 8.15. The van der Waals surface area contributed by atoms with Gasteiger partial charge in [0.25, 0.3) is 0 Å². The van der Waals surface area contributed by atoms with E-state index in [0.717, 1.165) is 33.4 Å². The molecule has 0 aliphatic rings. The highest BCUT2D eigenvalue weighted by atomic mass is 16.3. The highest BCUT2D eigenvalue weighted by Crippen LogP contribution is 2.28. The van der Waals surface area contributed by atoms with Crippen molar-refractivity contribution in [3.63, 3.8) is 0 Å². The Morgan fingerprint density at radius 3 is 2.57 bits per heavy atom. The predicted octanol–water partition coefficient (Wildman–Crippen LogP) is 4.02. The van der Waals surface area contributed by atoms with E-state index in [1.165, 1.54) is 0 Å². The Labute approximate surface area is 164 Å². The summed E-state index contributed by atoms with van der Waals surface area (Å²) < 4.78 is 0. The molecule has 0 aliphatic heterocycles. The maximum Gasteiger partial charge on any atom is 0.163 e. The van der Waals surface area contributed by atoms with Crippen molar-refractivity contribution in [3.05, 3.63) is 84.2 Å². The van der Waals surface area contributed by atoms with Gasteiger partial charge in [-0.3, -0.25) is 4.98 Å². The number of hydrogen-bond donors (Lipinski definition) is 2. The summed E-state index contributed by atoms with van der Waals surface area (Å²) in [5.41, 5.74) is 3.98. The Bertz CT molecular complexity index is 1070. The molecule has 2 aromatic carbocycles. The van der Waals surface area contributed by atoms with Crippen LogP contribution in [0.4, 0.5) is 5.82 Å². The summed E-state index contributed by atoms with van der Waals surface area (Å²) in [4.78, 5) is 13.7. The van der Waals surface area contributed by atoms with Crippen molar-refractivity contribution in [1.82, 2.24) is 15.0 Å². The average molecular weight is 370 g/mol. The maximum atomic E-state index is 9.96. The van der Waals surface area contributed by atoms with E-state index >= 15 is 0 Å². The van der Waals surface area contributed by atoms with Crippen LogP contribution in [0.25, 0.3) is 22.3 Å². The minimum Gasteiger partial charge on any atom is -0.394 e. The van der Waals surface area contributed by atoms with Gasteiger partial charge in [0, 0.05) is 23.3 Å². The van der Waals surface area contributed by atoms with E-state index in [4.69, 9.17) is 9.97 Å². The molecule has 28 heavy (non-hydrogen) atoms. The van der Waals surface area contributed by atoms with Crippen LogP contribution in [-0.4, -0.2) is 32.7 Å². The van der Waals surface area contributed by atoms with Gasteiger partial charge in [0.15, 0.2) is 5.82 Å². The number of fused-ring (bicyclic) bond motifs is 1. The zero-order chi connectivity index (χ0) is 19.3. The number of aryl methyl sites for hydroxylation is 1. The molecule has 0 spiro atoms. The first kappa shape index (κ1) is 18.1. The predicted molar refractivity (Wildman–Crippen MR) is 112 cm³/mol. The summed E-state index contributed by atoms with van der Waals surface area (Å²) in [5, 5.41) is 14.4. The summed E-state index contributed by atoms with van der Waals surface area (Å²) in [6.45, 7) is 2.06. The highest BCUT2D eigenvalue weighted by Gasteiger charge is 2.15. The molecule has 0 aliphatic carbocycles. The Balaban J connectivity index is 1.75. The van der Waals surface area contributed by atoms with E-state index in [0.29, 0.717) is 12.2 Å². The molecular weight excluding hydrogens is 348 g/mol. The molecule has 2 aromatic heterocycles. The number of nitrogens with one attached hydrogen (secondary N) is 1. The van der Waals surface area contributed by atoms with E-state index in [-0.39, 0.29) is 12.6 Å². The molecule has 0 saturated carbocycles. The Hall–Kier alpha value is -3.31. The van der Waals surface area contributed by atoms with Crippen LogP contribution < -0.4 is 5.32 Å². The second-order valence-electron chi connectivity index (χ2n) is 6.82. The van der Waals surface area contributed by atoms with Gasteiger partial charge in [-0.2, -0.15) is 0 Å². The van der Waals surface area contributed by atoms with E-state index < -0.39 is 0 Å². The van der Waals surface area contributed by atoms with Gasteiger partial charge in [-0.15, -0.1) is 0 Å². The van der Waals surface area contributed by atoms with Gasteiger partial charge in [-0.05, 0) is 42.7 Å². The molecule has 0 radical (unpaired) electrons. The number of aliphatic hydroxyl groups is 1. The van der Waals surface area contributed by atoms with Crippen LogP contribution in [0.2, 0.25) is 0 Å². The number of aliphatic hydroxyl groups excluding tert-OH is 1. The van der Waals surface area contributed by atoms with E-state index in [9.17, 15) is 5.11 Å². The van der Waals surface area contributed by atoms with Crippen LogP contribution in [0.3, 0.4) is 0 Å². The van der Waals surface area contributed by atoms with Gasteiger partial charge < -0.3 is 10.4 Å². The maximum absolute atomic E-state index is 9.96. The zero-order valence-electron chi connectivity index (χ0n) is 15.7. The number of rotatable bonds is 6. The molecular formula is C23H22N4O. The third kappa shape index (κ3) is 3.85. The Kier molecular flexibility index (Phi) is 5.26. The topological polar surface area (TPSA) is 70.9 Å². The van der Waals surface area contributed by atoms with Crippen molar-refractivity contribution in [2.45, 2.75) is 19.4 Å². The van der Waals surface area contributed by atoms with Crippen molar-refractivity contribution in [2.75, 3.05) is 11.9 Å². The SMILES string of the molecule is Cc1cccc2nc(-c3cccnc3)nc(N[C@H](CO)Cc3ccccc3)c12. The molecule has 5 heteroatoms. The summed E-state index contributed by atoms with van der Waals surface area (Å²) >= 11 is 0. The first-order valence-corrected chi connectivity index (χ1v) is 9.33. The quantitative estimate of drug-likeness (QED) is 0.536. The van der Waals surface area contributed by atoms with Crippen LogP contribution >= 0.6 is 0 Å². The fraction of sp³-hybridized carbons (Fsp3) is 0.174. The zero-order valence-corrected chi connectivity index (χ0v) is 15.7. The molecule has 0 amide bonds. The summed E-state index contributed by atoms with van der Waals surface area (Å²) in [5.74, 6) is 1.35. The number of anilines is 1. The van der Waals surface area contributed by atoms with Gasteiger partial charge in [0.05, 0.1) is 18.2 Å². The smallest absolute Gasteiger partial charge is 0.163 e. The van der Waals surface area contributed by atoms with Crippen LogP contribution in [0, 0.1) is 6.92 Å². The van der Waals surface area contributed by atoms with Gasteiger partial charge in [-0.25, -0.2) is 9.97 Å². The lowest BCUT2D eigenvalue weighted by atomic mass is 10.1. The van der Waals surface area contributed by atoms with Crippen molar-refractivity contribution in [1.29, 1.82) is 0 Å². The lowest BCUT2D eigenvalue weighted by Crippen LogP contribution is -2.27. The standard InChI is InChI=1S/C23H22N4O/c1-16-7-5-11-20-21(16)23(27-22(26-20)18-10-6-12-24-14-18)25-19(15-28)13-17-8-3-2-4-9-17/h2-12,14,19,28H,13,15H2,1H3,(H,25,26,27)/t19-/m0/s1. The molecule has 0 fully saturated rings. The number of pyridine rings is 1. The lowest BCUT2D eigenvalue weighted by molar-refractivity contribution is 0.273. The third-order valence-electron chi connectivity index (χ3n) is 4.74. The summed E-state index contributed by atoms with van der Waals surface area (Å²) in [6.07, 6.45) is 4.20. The van der Waals surface area contributed by atoms with Gasteiger partial charge in [0.1, 0.15) is 5.82 Å². The number of hydrogen-bond acceptors (Lipinski definition) is 5. The average Bonchev–Trinajstić information content (AvgIpc) is 2.74. The monoisotopic (exact) mass is 370 g/mol.